The van der Waals surface area contributed by atoms with E-state index in [9.17, 15) is 9.59 Å². The van der Waals surface area contributed by atoms with E-state index in [4.69, 9.17) is 15.5 Å². The van der Waals surface area contributed by atoms with Crippen LogP contribution in [0, 0.1) is 0 Å². The highest BCUT2D eigenvalue weighted by atomic mass is 16.5. The zero-order chi connectivity index (χ0) is 27.5. The number of primary amides is 1. The molecule has 2 heterocycles. The highest BCUT2D eigenvalue weighted by molar-refractivity contribution is 5.98. The summed E-state index contributed by atoms with van der Waals surface area (Å²) >= 11 is 0. The lowest BCUT2D eigenvalue weighted by molar-refractivity contribution is -0.118. The number of para-hydroxylation sites is 2. The Balaban J connectivity index is 1.27. The molecule has 0 bridgehead atoms. The van der Waals surface area contributed by atoms with Crippen LogP contribution in [-0.4, -0.2) is 52.4 Å². The van der Waals surface area contributed by atoms with Crippen LogP contribution in [0.5, 0.6) is 11.5 Å². The number of carbonyl (C=O) groups is 2. The van der Waals surface area contributed by atoms with Gasteiger partial charge in [0.05, 0.1) is 11.0 Å². The molecule has 5 aromatic rings. The summed E-state index contributed by atoms with van der Waals surface area (Å²) in [5.41, 5.74) is 9.47. The van der Waals surface area contributed by atoms with E-state index in [1.54, 1.807) is 16.7 Å². The standard InChI is InChI=1S/C32H29N5O3/c33-30(38)22-37-29-15-14-24(32(39)36-18-16-35(17-19-36)25-9-3-1-4-10-25)21-28(29)34-31(37)23-8-7-13-27(20-23)40-26-11-5-2-6-12-26/h1-15,20-21H,16-19,22H2,(H2,33,38). The lowest BCUT2D eigenvalue weighted by Crippen LogP contribution is -2.48. The number of piperazine rings is 1. The number of rotatable bonds is 7. The first kappa shape index (κ1) is 25.2. The van der Waals surface area contributed by atoms with Crippen molar-refractivity contribution in [3.8, 4) is 22.9 Å². The fourth-order valence-corrected chi connectivity index (χ4v) is 5.11. The Hall–Kier alpha value is -5.11. The SMILES string of the molecule is NC(=O)Cn1c(-c2cccc(Oc3ccccc3)c2)nc2cc(C(=O)N3CCN(c4ccccc4)CC3)ccc21. The molecular weight excluding hydrogens is 502 g/mol. The van der Waals surface area contributed by atoms with Crippen molar-refractivity contribution in [1.29, 1.82) is 0 Å². The fourth-order valence-electron chi connectivity index (χ4n) is 5.11. The second-order valence-electron chi connectivity index (χ2n) is 9.75. The third-order valence-corrected chi connectivity index (χ3v) is 7.07. The van der Waals surface area contributed by atoms with Crippen molar-refractivity contribution in [1.82, 2.24) is 14.5 Å². The molecule has 0 atom stereocenters. The van der Waals surface area contributed by atoms with Crippen molar-refractivity contribution >= 4 is 28.5 Å². The lowest BCUT2D eigenvalue weighted by atomic mass is 10.1. The highest BCUT2D eigenvalue weighted by Gasteiger charge is 2.24. The van der Waals surface area contributed by atoms with E-state index < -0.39 is 5.91 Å². The largest absolute Gasteiger partial charge is 0.457 e. The van der Waals surface area contributed by atoms with E-state index in [1.165, 1.54) is 5.69 Å². The number of fused-ring (bicyclic) bond motifs is 1. The van der Waals surface area contributed by atoms with Gasteiger partial charge < -0.3 is 24.8 Å². The average Bonchev–Trinajstić information content (AvgIpc) is 3.35. The van der Waals surface area contributed by atoms with Gasteiger partial charge >= 0.3 is 0 Å². The smallest absolute Gasteiger partial charge is 0.254 e. The van der Waals surface area contributed by atoms with E-state index in [0.717, 1.165) is 29.9 Å². The predicted molar refractivity (Wildman–Crippen MR) is 155 cm³/mol. The van der Waals surface area contributed by atoms with Gasteiger partial charge in [-0.15, -0.1) is 0 Å². The molecule has 1 aliphatic heterocycles. The molecule has 2 N–H and O–H groups in total. The number of ether oxygens (including phenoxy) is 1. The zero-order valence-corrected chi connectivity index (χ0v) is 21.9. The van der Waals surface area contributed by atoms with Crippen LogP contribution in [0.1, 0.15) is 10.4 Å². The molecule has 8 nitrogen and oxygen atoms in total. The second-order valence-corrected chi connectivity index (χ2v) is 9.75. The van der Waals surface area contributed by atoms with Crippen LogP contribution >= 0.6 is 0 Å². The maximum Gasteiger partial charge on any atom is 0.254 e. The van der Waals surface area contributed by atoms with Crippen molar-refractivity contribution < 1.29 is 14.3 Å². The van der Waals surface area contributed by atoms with Crippen LogP contribution in [0.25, 0.3) is 22.4 Å². The van der Waals surface area contributed by atoms with Gasteiger partial charge in [-0.2, -0.15) is 0 Å². The number of imidazole rings is 1. The van der Waals surface area contributed by atoms with Crippen LogP contribution in [0.2, 0.25) is 0 Å². The Kier molecular flexibility index (Phi) is 6.89. The first-order valence-corrected chi connectivity index (χ1v) is 13.3. The summed E-state index contributed by atoms with van der Waals surface area (Å²) in [6, 6.07) is 32.7. The van der Waals surface area contributed by atoms with Crippen LogP contribution in [0.4, 0.5) is 5.69 Å². The Labute approximate surface area is 232 Å². The average molecular weight is 532 g/mol. The Bertz CT molecular complexity index is 1660. The van der Waals surface area contributed by atoms with Crippen LogP contribution < -0.4 is 15.4 Å². The first-order chi connectivity index (χ1) is 19.5. The predicted octanol–water partition coefficient (Wildman–Crippen LogP) is 4.94. The van der Waals surface area contributed by atoms with Crippen molar-refractivity contribution in [3.05, 3.63) is 109 Å². The summed E-state index contributed by atoms with van der Waals surface area (Å²) < 4.78 is 7.79. The summed E-state index contributed by atoms with van der Waals surface area (Å²) in [4.78, 5) is 34.4. The molecule has 8 heteroatoms. The molecule has 0 spiro atoms. The van der Waals surface area contributed by atoms with Gasteiger partial charge in [-0.3, -0.25) is 9.59 Å². The molecule has 6 rings (SSSR count). The van der Waals surface area contributed by atoms with Crippen molar-refractivity contribution in [2.75, 3.05) is 31.1 Å². The molecule has 1 fully saturated rings. The van der Waals surface area contributed by atoms with Gasteiger partial charge in [0, 0.05) is 43.0 Å². The molecule has 0 saturated carbocycles. The topological polar surface area (TPSA) is 93.7 Å². The van der Waals surface area contributed by atoms with Crippen molar-refractivity contribution in [2.45, 2.75) is 6.54 Å². The van der Waals surface area contributed by atoms with Gasteiger partial charge in [0.25, 0.3) is 5.91 Å². The van der Waals surface area contributed by atoms with E-state index in [0.29, 0.717) is 35.7 Å². The zero-order valence-electron chi connectivity index (χ0n) is 21.9. The van der Waals surface area contributed by atoms with E-state index in [1.807, 2.05) is 83.8 Å². The molecule has 0 unspecified atom stereocenters. The normalized spacial score (nSPS) is 13.4. The molecule has 200 valence electrons. The number of benzene rings is 4. The van der Waals surface area contributed by atoms with Gasteiger partial charge in [0.2, 0.25) is 5.91 Å². The van der Waals surface area contributed by atoms with Crippen LogP contribution in [-0.2, 0) is 11.3 Å². The summed E-state index contributed by atoms with van der Waals surface area (Å²) in [5.74, 6) is 1.44. The third kappa shape index (κ3) is 5.24. The van der Waals surface area contributed by atoms with Gasteiger partial charge in [-0.05, 0) is 54.6 Å². The molecule has 40 heavy (non-hydrogen) atoms. The number of hydrogen-bond acceptors (Lipinski definition) is 5. The molecular formula is C32H29N5O3. The third-order valence-electron chi connectivity index (χ3n) is 7.07. The molecule has 1 aromatic heterocycles. The van der Waals surface area contributed by atoms with Crippen LogP contribution in [0.3, 0.4) is 0 Å². The summed E-state index contributed by atoms with van der Waals surface area (Å²) in [6.07, 6.45) is 0. The Morgan fingerprint density at radius 2 is 1.48 bits per heavy atom. The van der Waals surface area contributed by atoms with Crippen molar-refractivity contribution in [3.63, 3.8) is 0 Å². The fraction of sp³-hybridized carbons (Fsp3) is 0.156. The monoisotopic (exact) mass is 531 g/mol. The molecule has 0 radical (unpaired) electrons. The first-order valence-electron chi connectivity index (χ1n) is 13.3. The van der Waals surface area contributed by atoms with Crippen LogP contribution in [0.15, 0.2) is 103 Å². The Morgan fingerprint density at radius 1 is 0.775 bits per heavy atom. The maximum absolute atomic E-state index is 13.4. The molecule has 1 saturated heterocycles. The number of hydrogen-bond donors (Lipinski definition) is 1. The number of aromatic nitrogens is 2. The quantitative estimate of drug-likeness (QED) is 0.321. The number of amides is 2. The number of anilines is 1. The summed E-state index contributed by atoms with van der Waals surface area (Å²) in [6.45, 7) is 2.79. The maximum atomic E-state index is 13.4. The minimum Gasteiger partial charge on any atom is -0.457 e. The number of carbonyl (C=O) groups excluding carboxylic acids is 2. The van der Waals surface area contributed by atoms with Crippen molar-refractivity contribution in [2.24, 2.45) is 5.73 Å². The Morgan fingerprint density at radius 3 is 2.20 bits per heavy atom. The van der Waals surface area contributed by atoms with E-state index in [2.05, 4.69) is 17.0 Å². The van der Waals surface area contributed by atoms with Gasteiger partial charge in [0.15, 0.2) is 0 Å². The minimum absolute atomic E-state index is 0.0288. The molecule has 0 aliphatic carbocycles. The number of nitrogens with zero attached hydrogens (tertiary/aromatic N) is 4. The lowest BCUT2D eigenvalue weighted by Gasteiger charge is -2.36. The molecule has 1 aliphatic rings. The molecule has 4 aromatic carbocycles. The van der Waals surface area contributed by atoms with Gasteiger partial charge in [-0.25, -0.2) is 4.98 Å². The van der Waals surface area contributed by atoms with E-state index in [-0.39, 0.29) is 12.5 Å². The molecule has 2 amide bonds. The highest BCUT2D eigenvalue weighted by Crippen LogP contribution is 2.30. The number of nitrogens with two attached hydrogens (primary N) is 1. The van der Waals surface area contributed by atoms with E-state index >= 15 is 0 Å². The van der Waals surface area contributed by atoms with Gasteiger partial charge in [-0.1, -0.05) is 48.5 Å². The minimum atomic E-state index is -0.478. The summed E-state index contributed by atoms with van der Waals surface area (Å²) in [7, 11) is 0. The second kappa shape index (κ2) is 10.9. The summed E-state index contributed by atoms with van der Waals surface area (Å²) in [5, 5.41) is 0. The van der Waals surface area contributed by atoms with Gasteiger partial charge in [0.1, 0.15) is 23.9 Å².